The second-order valence-corrected chi connectivity index (χ2v) is 7.27. The zero-order valence-electron chi connectivity index (χ0n) is 15.9. The van der Waals surface area contributed by atoms with Crippen LogP contribution in [0.1, 0.15) is 16.7 Å². The summed E-state index contributed by atoms with van der Waals surface area (Å²) in [7, 11) is 0. The minimum Gasteiger partial charge on any atom is -0.379 e. The number of nitrogens with one attached hydrogen (secondary N) is 1. The van der Waals surface area contributed by atoms with Gasteiger partial charge in [-0.3, -0.25) is 9.88 Å². The van der Waals surface area contributed by atoms with E-state index in [1.54, 1.807) is 6.20 Å². The predicted molar refractivity (Wildman–Crippen MR) is 113 cm³/mol. The molecule has 0 aliphatic carbocycles. The predicted octanol–water partition coefficient (Wildman–Crippen LogP) is 2.60. The number of hydrogen-bond acceptors (Lipinski definition) is 4. The van der Waals surface area contributed by atoms with Gasteiger partial charge in [-0.25, -0.2) is 0 Å². The lowest BCUT2D eigenvalue weighted by molar-refractivity contribution is 0.0357. The highest BCUT2D eigenvalue weighted by Gasteiger charge is 2.15. The van der Waals surface area contributed by atoms with Crippen LogP contribution in [0.25, 0.3) is 0 Å². The van der Waals surface area contributed by atoms with Crippen LogP contribution >= 0.6 is 12.2 Å². The first-order chi connectivity index (χ1) is 13.2. The Kier molecular flexibility index (Phi) is 7.56. The Bertz CT molecular complexity index is 702. The fourth-order valence-corrected chi connectivity index (χ4v) is 3.27. The van der Waals surface area contributed by atoms with E-state index < -0.39 is 0 Å². The van der Waals surface area contributed by atoms with Crippen molar-refractivity contribution in [3.63, 3.8) is 0 Å². The molecule has 2 heterocycles. The third-order valence-corrected chi connectivity index (χ3v) is 5.14. The van der Waals surface area contributed by atoms with Crippen molar-refractivity contribution in [1.82, 2.24) is 20.1 Å². The molecule has 1 aliphatic heterocycles. The maximum atomic E-state index is 5.72. The minimum atomic E-state index is 0.736. The molecule has 1 fully saturated rings. The SMILES string of the molecule is Cc1ccc(CNC(=S)N(CCN2CCOCC2)Cc2cccnc2)cc1. The number of aromatic nitrogens is 1. The molecule has 3 rings (SSSR count). The van der Waals surface area contributed by atoms with Gasteiger partial charge < -0.3 is 15.0 Å². The molecule has 0 atom stereocenters. The summed E-state index contributed by atoms with van der Waals surface area (Å²) in [6, 6.07) is 12.6. The Morgan fingerprint density at radius 2 is 1.96 bits per heavy atom. The molecule has 1 aliphatic rings. The highest BCUT2D eigenvalue weighted by atomic mass is 32.1. The van der Waals surface area contributed by atoms with Gasteiger partial charge in [0.2, 0.25) is 0 Å². The molecule has 0 bridgehead atoms. The Hall–Kier alpha value is -2.02. The van der Waals surface area contributed by atoms with Crippen LogP contribution in [0.3, 0.4) is 0 Å². The quantitative estimate of drug-likeness (QED) is 0.740. The van der Waals surface area contributed by atoms with Crippen LogP contribution in [-0.2, 0) is 17.8 Å². The summed E-state index contributed by atoms with van der Waals surface area (Å²) in [5.41, 5.74) is 3.67. The van der Waals surface area contributed by atoms with Crippen LogP contribution < -0.4 is 5.32 Å². The molecule has 2 aromatic rings. The van der Waals surface area contributed by atoms with Crippen LogP contribution in [0.5, 0.6) is 0 Å². The van der Waals surface area contributed by atoms with Crippen molar-refractivity contribution in [3.05, 3.63) is 65.5 Å². The summed E-state index contributed by atoms with van der Waals surface area (Å²) >= 11 is 5.72. The molecule has 27 heavy (non-hydrogen) atoms. The van der Waals surface area contributed by atoms with E-state index in [1.165, 1.54) is 16.7 Å². The normalized spacial score (nSPS) is 14.7. The number of thiocarbonyl (C=S) groups is 1. The van der Waals surface area contributed by atoms with E-state index in [4.69, 9.17) is 17.0 Å². The second-order valence-electron chi connectivity index (χ2n) is 6.88. The van der Waals surface area contributed by atoms with E-state index in [0.717, 1.165) is 57.6 Å². The van der Waals surface area contributed by atoms with Crippen molar-refractivity contribution in [3.8, 4) is 0 Å². The first kappa shape index (κ1) is 19.7. The van der Waals surface area contributed by atoms with Crippen molar-refractivity contribution < 1.29 is 4.74 Å². The topological polar surface area (TPSA) is 40.6 Å². The molecule has 1 N–H and O–H groups in total. The van der Waals surface area contributed by atoms with Gasteiger partial charge in [0.1, 0.15) is 0 Å². The van der Waals surface area contributed by atoms with Gasteiger partial charge in [0.15, 0.2) is 5.11 Å². The van der Waals surface area contributed by atoms with Crippen molar-refractivity contribution in [1.29, 1.82) is 0 Å². The van der Waals surface area contributed by atoms with Crippen molar-refractivity contribution >= 4 is 17.3 Å². The average molecular weight is 385 g/mol. The van der Waals surface area contributed by atoms with Crippen LogP contribution in [0.15, 0.2) is 48.8 Å². The van der Waals surface area contributed by atoms with E-state index in [1.807, 2.05) is 12.3 Å². The number of ether oxygens (including phenoxy) is 1. The lowest BCUT2D eigenvalue weighted by Crippen LogP contribution is -2.45. The Labute approximate surface area is 167 Å². The molecule has 0 spiro atoms. The fourth-order valence-electron chi connectivity index (χ4n) is 3.05. The largest absolute Gasteiger partial charge is 0.379 e. The lowest BCUT2D eigenvalue weighted by Gasteiger charge is -2.31. The number of aryl methyl sites for hydroxylation is 1. The van der Waals surface area contributed by atoms with Gasteiger partial charge in [-0.2, -0.15) is 0 Å². The number of rotatable bonds is 7. The van der Waals surface area contributed by atoms with E-state index in [2.05, 4.69) is 57.4 Å². The zero-order chi connectivity index (χ0) is 18.9. The standard InChI is InChI=1S/C21H28N4OS/c1-18-4-6-19(7-5-18)16-23-21(27)25(17-20-3-2-8-22-15-20)10-9-24-11-13-26-14-12-24/h2-8,15H,9-14,16-17H2,1H3,(H,23,27). The Morgan fingerprint density at radius 3 is 2.67 bits per heavy atom. The maximum Gasteiger partial charge on any atom is 0.169 e. The molecular weight excluding hydrogens is 356 g/mol. The molecule has 0 unspecified atom stereocenters. The van der Waals surface area contributed by atoms with Gasteiger partial charge in [-0.15, -0.1) is 0 Å². The third-order valence-electron chi connectivity index (χ3n) is 4.74. The van der Waals surface area contributed by atoms with Gasteiger partial charge in [-0.05, 0) is 36.3 Å². The minimum absolute atomic E-state index is 0.736. The van der Waals surface area contributed by atoms with Crippen molar-refractivity contribution in [2.24, 2.45) is 0 Å². The molecule has 1 aromatic heterocycles. The molecule has 0 saturated carbocycles. The number of nitrogens with zero attached hydrogens (tertiary/aromatic N) is 3. The summed E-state index contributed by atoms with van der Waals surface area (Å²) in [5.74, 6) is 0. The number of pyridine rings is 1. The van der Waals surface area contributed by atoms with Gasteiger partial charge in [0, 0.05) is 51.7 Å². The van der Waals surface area contributed by atoms with Crippen LogP contribution in [0.2, 0.25) is 0 Å². The second kappa shape index (κ2) is 10.3. The number of benzene rings is 1. The summed E-state index contributed by atoms with van der Waals surface area (Å²) in [4.78, 5) is 8.90. The number of morpholine rings is 1. The van der Waals surface area contributed by atoms with Crippen molar-refractivity contribution in [2.45, 2.75) is 20.0 Å². The Balaban J connectivity index is 1.58. The summed E-state index contributed by atoms with van der Waals surface area (Å²) in [6.07, 6.45) is 3.71. The first-order valence-corrected chi connectivity index (χ1v) is 9.89. The summed E-state index contributed by atoms with van der Waals surface area (Å²) in [5, 5.41) is 4.21. The third kappa shape index (κ3) is 6.57. The van der Waals surface area contributed by atoms with Crippen molar-refractivity contribution in [2.75, 3.05) is 39.4 Å². The van der Waals surface area contributed by atoms with E-state index >= 15 is 0 Å². The maximum absolute atomic E-state index is 5.72. The molecule has 1 saturated heterocycles. The van der Waals surface area contributed by atoms with E-state index in [-0.39, 0.29) is 0 Å². The van der Waals surface area contributed by atoms with Crippen LogP contribution in [-0.4, -0.2) is 59.3 Å². The Morgan fingerprint density at radius 1 is 1.19 bits per heavy atom. The monoisotopic (exact) mass is 384 g/mol. The van der Waals surface area contributed by atoms with Gasteiger partial charge in [0.25, 0.3) is 0 Å². The van der Waals surface area contributed by atoms with Crippen LogP contribution in [0.4, 0.5) is 0 Å². The highest BCUT2D eigenvalue weighted by Crippen LogP contribution is 2.07. The summed E-state index contributed by atoms with van der Waals surface area (Å²) in [6.45, 7) is 9.08. The smallest absolute Gasteiger partial charge is 0.169 e. The summed E-state index contributed by atoms with van der Waals surface area (Å²) < 4.78 is 5.44. The fraction of sp³-hybridized carbons (Fsp3) is 0.429. The lowest BCUT2D eigenvalue weighted by atomic mass is 10.1. The zero-order valence-corrected chi connectivity index (χ0v) is 16.8. The molecule has 1 aromatic carbocycles. The highest BCUT2D eigenvalue weighted by molar-refractivity contribution is 7.80. The molecule has 0 radical (unpaired) electrons. The van der Waals surface area contributed by atoms with E-state index in [0.29, 0.717) is 0 Å². The molecular formula is C21H28N4OS. The average Bonchev–Trinajstić information content (AvgIpc) is 2.72. The molecule has 144 valence electrons. The molecule has 6 heteroatoms. The van der Waals surface area contributed by atoms with Crippen LogP contribution in [0, 0.1) is 6.92 Å². The number of hydrogen-bond donors (Lipinski definition) is 1. The first-order valence-electron chi connectivity index (χ1n) is 9.48. The molecule has 0 amide bonds. The van der Waals surface area contributed by atoms with Gasteiger partial charge in [0.05, 0.1) is 13.2 Å². The molecule has 5 nitrogen and oxygen atoms in total. The van der Waals surface area contributed by atoms with Gasteiger partial charge in [-0.1, -0.05) is 35.9 Å². The van der Waals surface area contributed by atoms with E-state index in [9.17, 15) is 0 Å². The van der Waals surface area contributed by atoms with Gasteiger partial charge >= 0.3 is 0 Å².